The molecular weight excluding hydrogens is 356 g/mol. The normalized spacial score (nSPS) is 13.9. The van der Waals surface area contributed by atoms with Gasteiger partial charge in [0.15, 0.2) is 18.1 Å². The Morgan fingerprint density at radius 2 is 1.93 bits per heavy atom. The molecule has 1 aliphatic rings. The van der Waals surface area contributed by atoms with E-state index < -0.39 is 0 Å². The van der Waals surface area contributed by atoms with Crippen LogP contribution in [0, 0.1) is 17.2 Å². The Bertz CT molecular complexity index is 873. The first-order chi connectivity index (χ1) is 13.6. The fourth-order valence-electron chi connectivity index (χ4n) is 3.05. The fourth-order valence-corrected chi connectivity index (χ4v) is 3.05. The largest absolute Gasteiger partial charge is 0.490 e. The summed E-state index contributed by atoms with van der Waals surface area (Å²) in [6.07, 6.45) is 0.843. The lowest BCUT2D eigenvalue weighted by Crippen LogP contribution is -2.35. The molecule has 1 aliphatic heterocycles. The summed E-state index contributed by atoms with van der Waals surface area (Å²) in [4.78, 5) is 12.5. The predicted octanol–water partition coefficient (Wildman–Crippen LogP) is 3.61. The highest BCUT2D eigenvalue weighted by Crippen LogP contribution is 2.34. The van der Waals surface area contributed by atoms with E-state index >= 15 is 0 Å². The minimum Gasteiger partial charge on any atom is -0.490 e. The molecule has 0 bridgehead atoms. The molecule has 1 amide bonds. The molecule has 1 atom stereocenters. The van der Waals surface area contributed by atoms with Gasteiger partial charge in [-0.05, 0) is 35.7 Å². The highest BCUT2D eigenvalue weighted by Gasteiger charge is 2.21. The van der Waals surface area contributed by atoms with Crippen molar-refractivity contribution in [2.24, 2.45) is 5.92 Å². The molecule has 6 nitrogen and oxygen atoms in total. The minimum absolute atomic E-state index is 0.160. The summed E-state index contributed by atoms with van der Waals surface area (Å²) in [6.45, 7) is 5.17. The van der Waals surface area contributed by atoms with Crippen LogP contribution in [0.25, 0.3) is 0 Å². The lowest BCUT2D eigenvalue weighted by atomic mass is 9.95. The van der Waals surface area contributed by atoms with Crippen molar-refractivity contribution < 1.29 is 19.0 Å². The van der Waals surface area contributed by atoms with E-state index in [1.54, 1.807) is 24.3 Å². The van der Waals surface area contributed by atoms with Crippen LogP contribution in [0.2, 0.25) is 0 Å². The van der Waals surface area contributed by atoms with Gasteiger partial charge < -0.3 is 19.5 Å². The summed E-state index contributed by atoms with van der Waals surface area (Å²) in [5.74, 6) is 1.75. The molecule has 1 N–H and O–H groups in total. The van der Waals surface area contributed by atoms with Gasteiger partial charge in [-0.3, -0.25) is 4.79 Å². The van der Waals surface area contributed by atoms with Crippen LogP contribution < -0.4 is 19.5 Å². The first-order valence-corrected chi connectivity index (χ1v) is 9.39. The molecule has 2 aromatic carbocycles. The molecule has 28 heavy (non-hydrogen) atoms. The van der Waals surface area contributed by atoms with Crippen LogP contribution in [0.4, 0.5) is 0 Å². The average Bonchev–Trinajstić information content (AvgIpc) is 2.95. The maximum absolute atomic E-state index is 12.5. The first-order valence-electron chi connectivity index (χ1n) is 9.39. The molecule has 0 saturated carbocycles. The average molecular weight is 380 g/mol. The Kier molecular flexibility index (Phi) is 6.38. The van der Waals surface area contributed by atoms with Crippen LogP contribution in [0.5, 0.6) is 17.2 Å². The zero-order chi connectivity index (χ0) is 19.9. The molecule has 146 valence electrons. The van der Waals surface area contributed by atoms with E-state index in [1.165, 1.54) is 0 Å². The number of para-hydroxylation sites is 1. The van der Waals surface area contributed by atoms with Crippen LogP contribution in [-0.4, -0.2) is 25.7 Å². The Morgan fingerprint density at radius 3 is 2.68 bits per heavy atom. The third-order valence-corrected chi connectivity index (χ3v) is 4.48. The van der Waals surface area contributed by atoms with Gasteiger partial charge in [-0.2, -0.15) is 5.26 Å². The molecule has 0 radical (unpaired) electrons. The van der Waals surface area contributed by atoms with Gasteiger partial charge in [0, 0.05) is 6.42 Å². The van der Waals surface area contributed by atoms with Crippen LogP contribution in [0.15, 0.2) is 42.5 Å². The monoisotopic (exact) mass is 380 g/mol. The van der Waals surface area contributed by atoms with Crippen molar-refractivity contribution >= 4 is 5.91 Å². The smallest absolute Gasteiger partial charge is 0.258 e. The van der Waals surface area contributed by atoms with Crippen molar-refractivity contribution in [3.05, 3.63) is 53.6 Å². The van der Waals surface area contributed by atoms with Crippen molar-refractivity contribution in [2.45, 2.75) is 26.3 Å². The van der Waals surface area contributed by atoms with Gasteiger partial charge in [-0.25, -0.2) is 0 Å². The van der Waals surface area contributed by atoms with E-state index in [0.717, 1.165) is 17.7 Å². The van der Waals surface area contributed by atoms with E-state index in [-0.39, 0.29) is 24.5 Å². The molecule has 0 fully saturated rings. The molecule has 3 rings (SSSR count). The van der Waals surface area contributed by atoms with Gasteiger partial charge in [-0.1, -0.05) is 32.0 Å². The Morgan fingerprint density at radius 1 is 1.18 bits per heavy atom. The Hall–Kier alpha value is -3.20. The number of fused-ring (bicyclic) bond motifs is 1. The SMILES string of the molecule is CC(C)[C@H](NC(=O)COc1ccccc1C#N)c1ccc2c(c1)OCCCO2. The van der Waals surface area contributed by atoms with Crippen molar-refractivity contribution in [3.8, 4) is 23.3 Å². The lowest BCUT2D eigenvalue weighted by Gasteiger charge is -2.24. The van der Waals surface area contributed by atoms with Gasteiger partial charge in [0.25, 0.3) is 5.91 Å². The first kappa shape index (κ1) is 19.6. The number of ether oxygens (including phenoxy) is 3. The number of benzene rings is 2. The number of amides is 1. The van der Waals surface area contributed by atoms with Crippen molar-refractivity contribution in [3.63, 3.8) is 0 Å². The number of carbonyl (C=O) groups is 1. The minimum atomic E-state index is -0.251. The van der Waals surface area contributed by atoms with E-state index in [0.29, 0.717) is 30.3 Å². The maximum atomic E-state index is 12.5. The van der Waals surface area contributed by atoms with E-state index in [9.17, 15) is 4.79 Å². The second-order valence-electron chi connectivity index (χ2n) is 6.94. The number of carbonyl (C=O) groups excluding carboxylic acids is 1. The third kappa shape index (κ3) is 4.74. The second kappa shape index (κ2) is 9.14. The van der Waals surface area contributed by atoms with Crippen LogP contribution in [0.3, 0.4) is 0 Å². The molecule has 0 spiro atoms. The molecule has 0 saturated heterocycles. The van der Waals surface area contributed by atoms with E-state index in [2.05, 4.69) is 11.4 Å². The maximum Gasteiger partial charge on any atom is 0.258 e. The summed E-state index contributed by atoms with van der Waals surface area (Å²) >= 11 is 0. The quantitative estimate of drug-likeness (QED) is 0.828. The van der Waals surface area contributed by atoms with Gasteiger partial charge in [0.1, 0.15) is 11.8 Å². The Balaban J connectivity index is 1.68. The number of hydrogen-bond donors (Lipinski definition) is 1. The van der Waals surface area contributed by atoms with Crippen molar-refractivity contribution in [1.29, 1.82) is 5.26 Å². The second-order valence-corrected chi connectivity index (χ2v) is 6.94. The lowest BCUT2D eigenvalue weighted by molar-refractivity contribution is -0.124. The number of nitrogens with one attached hydrogen (secondary N) is 1. The number of hydrogen-bond acceptors (Lipinski definition) is 5. The van der Waals surface area contributed by atoms with Gasteiger partial charge in [0.2, 0.25) is 0 Å². The summed E-state index contributed by atoms with van der Waals surface area (Å²) in [6, 6.07) is 14.5. The molecule has 0 aromatic heterocycles. The number of nitrogens with zero attached hydrogens (tertiary/aromatic N) is 1. The standard InChI is InChI=1S/C22H24N2O4/c1-15(2)22(16-8-9-19-20(12-16)27-11-5-10-26-19)24-21(25)14-28-18-7-4-3-6-17(18)13-23/h3-4,6-9,12,15,22H,5,10-11,14H2,1-2H3,(H,24,25)/t22-/m0/s1. The number of rotatable bonds is 6. The van der Waals surface area contributed by atoms with Crippen LogP contribution in [-0.2, 0) is 4.79 Å². The summed E-state index contributed by atoms with van der Waals surface area (Å²) in [5.41, 5.74) is 1.35. The zero-order valence-electron chi connectivity index (χ0n) is 16.1. The van der Waals surface area contributed by atoms with Crippen molar-refractivity contribution in [1.82, 2.24) is 5.32 Å². The molecular formula is C22H24N2O4. The highest BCUT2D eigenvalue weighted by atomic mass is 16.5. The third-order valence-electron chi connectivity index (χ3n) is 4.48. The van der Waals surface area contributed by atoms with Gasteiger partial charge in [-0.15, -0.1) is 0 Å². The van der Waals surface area contributed by atoms with Gasteiger partial charge in [0.05, 0.1) is 24.8 Å². The van der Waals surface area contributed by atoms with E-state index in [1.807, 2.05) is 32.0 Å². The predicted molar refractivity (Wildman–Crippen MR) is 104 cm³/mol. The topological polar surface area (TPSA) is 80.6 Å². The number of nitriles is 1. The Labute approximate surface area is 165 Å². The van der Waals surface area contributed by atoms with Crippen LogP contribution in [0.1, 0.15) is 37.4 Å². The van der Waals surface area contributed by atoms with Crippen LogP contribution >= 0.6 is 0 Å². The van der Waals surface area contributed by atoms with Gasteiger partial charge >= 0.3 is 0 Å². The summed E-state index contributed by atoms with van der Waals surface area (Å²) < 4.78 is 17.0. The summed E-state index contributed by atoms with van der Waals surface area (Å²) in [7, 11) is 0. The molecule has 0 aliphatic carbocycles. The molecule has 2 aromatic rings. The zero-order valence-corrected chi connectivity index (χ0v) is 16.1. The summed E-state index contributed by atoms with van der Waals surface area (Å²) in [5, 5.41) is 12.1. The molecule has 6 heteroatoms. The fraction of sp³-hybridized carbons (Fsp3) is 0.364. The van der Waals surface area contributed by atoms with E-state index in [4.69, 9.17) is 19.5 Å². The highest BCUT2D eigenvalue weighted by molar-refractivity contribution is 5.78. The molecule has 0 unspecified atom stereocenters. The molecule has 1 heterocycles. The van der Waals surface area contributed by atoms with Crippen molar-refractivity contribution in [2.75, 3.05) is 19.8 Å².